The van der Waals surface area contributed by atoms with E-state index in [1.807, 2.05) is 0 Å². The minimum absolute atomic E-state index is 0.192. The lowest BCUT2D eigenvalue weighted by Gasteiger charge is -2.17. The highest BCUT2D eigenvalue weighted by atomic mass is 16.1. The molecule has 3 aliphatic carbocycles. The lowest BCUT2D eigenvalue weighted by molar-refractivity contribution is -0.125. The van der Waals surface area contributed by atoms with Gasteiger partial charge >= 0.3 is 0 Å². The van der Waals surface area contributed by atoms with Gasteiger partial charge < -0.3 is 5.32 Å². The summed E-state index contributed by atoms with van der Waals surface area (Å²) < 4.78 is 0. The van der Waals surface area contributed by atoms with Crippen molar-refractivity contribution >= 4 is 5.91 Å². The molecule has 0 aliphatic heterocycles. The van der Waals surface area contributed by atoms with Gasteiger partial charge in [0.15, 0.2) is 0 Å². The summed E-state index contributed by atoms with van der Waals surface area (Å²) in [7, 11) is 0. The van der Waals surface area contributed by atoms with Gasteiger partial charge in [0.2, 0.25) is 5.91 Å². The molecule has 1 heterocycles. The van der Waals surface area contributed by atoms with Crippen molar-refractivity contribution in [1.82, 2.24) is 15.5 Å². The van der Waals surface area contributed by atoms with E-state index >= 15 is 0 Å². The fourth-order valence-electron chi connectivity index (χ4n) is 4.26. The van der Waals surface area contributed by atoms with Gasteiger partial charge in [-0.15, -0.1) is 0 Å². The Balaban J connectivity index is 1.40. The van der Waals surface area contributed by atoms with E-state index in [2.05, 4.69) is 27.7 Å². The first-order valence-electron chi connectivity index (χ1n) is 8.32. The largest absolute Gasteiger partial charge is 0.350 e. The molecule has 3 atom stereocenters. The predicted molar refractivity (Wildman–Crippen MR) is 80.5 cm³/mol. The third kappa shape index (κ3) is 2.41. The Hall–Kier alpha value is -1.58. The Labute approximate surface area is 125 Å². The quantitative estimate of drug-likeness (QED) is 0.662. The second-order valence-electron chi connectivity index (χ2n) is 6.79. The van der Waals surface area contributed by atoms with E-state index < -0.39 is 0 Å². The maximum Gasteiger partial charge on any atom is 0.224 e. The first-order valence-corrected chi connectivity index (χ1v) is 8.32. The second kappa shape index (κ2) is 5.32. The Kier molecular flexibility index (Phi) is 3.32. The zero-order chi connectivity index (χ0) is 14.2. The van der Waals surface area contributed by atoms with Gasteiger partial charge in [-0.2, -0.15) is 5.10 Å². The topological polar surface area (TPSA) is 57.8 Å². The van der Waals surface area contributed by atoms with Crippen LogP contribution in [0.3, 0.4) is 0 Å². The second-order valence-corrected chi connectivity index (χ2v) is 6.79. The lowest BCUT2D eigenvalue weighted by atomic mass is 9.93. The van der Waals surface area contributed by atoms with Crippen LogP contribution in [0.15, 0.2) is 12.2 Å². The molecule has 0 aromatic carbocycles. The zero-order valence-corrected chi connectivity index (χ0v) is 12.4. The highest BCUT2D eigenvalue weighted by molar-refractivity contribution is 5.80. The van der Waals surface area contributed by atoms with Crippen LogP contribution in [0.25, 0.3) is 0 Å². The summed E-state index contributed by atoms with van der Waals surface area (Å²) in [4.78, 5) is 12.4. The Morgan fingerprint density at radius 2 is 2.14 bits per heavy atom. The van der Waals surface area contributed by atoms with Gasteiger partial charge in [0.25, 0.3) is 0 Å². The van der Waals surface area contributed by atoms with Crippen LogP contribution in [0.2, 0.25) is 0 Å². The summed E-state index contributed by atoms with van der Waals surface area (Å²) in [6.07, 6.45) is 12.7. The molecule has 0 spiro atoms. The van der Waals surface area contributed by atoms with E-state index in [4.69, 9.17) is 0 Å². The highest BCUT2D eigenvalue weighted by Crippen LogP contribution is 2.43. The molecule has 4 nitrogen and oxygen atoms in total. The summed E-state index contributed by atoms with van der Waals surface area (Å²) in [5, 5.41) is 10.7. The number of aromatic nitrogens is 2. The van der Waals surface area contributed by atoms with E-state index in [9.17, 15) is 4.79 Å². The number of aryl methyl sites for hydroxylation is 1. The number of carbonyl (C=O) groups is 1. The van der Waals surface area contributed by atoms with Gasteiger partial charge in [-0.3, -0.25) is 9.89 Å². The van der Waals surface area contributed by atoms with Gasteiger partial charge in [-0.05, 0) is 55.9 Å². The van der Waals surface area contributed by atoms with E-state index in [0.29, 0.717) is 18.4 Å². The lowest BCUT2D eigenvalue weighted by Crippen LogP contribution is -2.32. The van der Waals surface area contributed by atoms with Crippen LogP contribution >= 0.6 is 0 Å². The smallest absolute Gasteiger partial charge is 0.224 e. The molecule has 2 bridgehead atoms. The van der Waals surface area contributed by atoms with Crippen LogP contribution in [-0.2, 0) is 24.2 Å². The molecule has 1 aromatic rings. The molecule has 0 unspecified atom stereocenters. The molecule has 2 N–H and O–H groups in total. The number of fused-ring (bicyclic) bond motifs is 3. The SMILES string of the molecule is O=C(NCc1n[nH]c2c1CCCCC2)[C@H]1C[C@@H]2C=C[C@H]1C2. The van der Waals surface area contributed by atoms with Crippen molar-refractivity contribution in [3.63, 3.8) is 0 Å². The van der Waals surface area contributed by atoms with Crippen molar-refractivity contribution in [3.05, 3.63) is 29.1 Å². The summed E-state index contributed by atoms with van der Waals surface area (Å²) in [6, 6.07) is 0. The Bertz CT molecular complexity index is 575. The number of nitrogens with zero attached hydrogens (tertiary/aromatic N) is 1. The normalized spacial score (nSPS) is 30.2. The maximum absolute atomic E-state index is 12.4. The van der Waals surface area contributed by atoms with Gasteiger partial charge in [-0.1, -0.05) is 18.6 Å². The minimum atomic E-state index is 0.192. The fourth-order valence-corrected chi connectivity index (χ4v) is 4.26. The van der Waals surface area contributed by atoms with Gasteiger partial charge in [0.1, 0.15) is 0 Å². The third-order valence-electron chi connectivity index (χ3n) is 5.44. The number of H-pyrrole nitrogens is 1. The molecular weight excluding hydrogens is 262 g/mol. The number of carbonyl (C=O) groups excluding carboxylic acids is 1. The monoisotopic (exact) mass is 285 g/mol. The molecule has 1 saturated carbocycles. The number of rotatable bonds is 3. The number of amides is 1. The average Bonchev–Trinajstić information content (AvgIpc) is 3.17. The summed E-state index contributed by atoms with van der Waals surface area (Å²) >= 11 is 0. The van der Waals surface area contributed by atoms with Crippen molar-refractivity contribution in [2.75, 3.05) is 0 Å². The average molecular weight is 285 g/mol. The molecule has 1 aromatic heterocycles. The molecule has 3 aliphatic rings. The van der Waals surface area contributed by atoms with Crippen LogP contribution in [-0.4, -0.2) is 16.1 Å². The van der Waals surface area contributed by atoms with Crippen molar-refractivity contribution in [2.45, 2.75) is 51.5 Å². The first kappa shape index (κ1) is 13.1. The van der Waals surface area contributed by atoms with Crippen molar-refractivity contribution in [1.29, 1.82) is 0 Å². The molecule has 0 saturated heterocycles. The predicted octanol–water partition coefficient (Wildman–Crippen LogP) is 2.51. The van der Waals surface area contributed by atoms with Gasteiger partial charge in [0, 0.05) is 11.6 Å². The highest BCUT2D eigenvalue weighted by Gasteiger charge is 2.39. The number of nitrogens with one attached hydrogen (secondary N) is 2. The standard InChI is InChI=1S/C17H23N3O/c21-17(14-9-11-6-7-12(14)8-11)18-10-16-13-4-2-1-3-5-15(13)19-20-16/h6-7,11-12,14H,1-5,8-10H2,(H,18,21)(H,19,20)/t11-,12+,14+/m1/s1. The number of aromatic amines is 1. The van der Waals surface area contributed by atoms with Crippen molar-refractivity contribution in [2.24, 2.45) is 17.8 Å². The molecule has 4 rings (SSSR count). The van der Waals surface area contributed by atoms with Crippen molar-refractivity contribution < 1.29 is 4.79 Å². The van der Waals surface area contributed by atoms with Crippen molar-refractivity contribution in [3.8, 4) is 0 Å². The molecule has 112 valence electrons. The molecule has 1 amide bonds. The summed E-state index contributed by atoms with van der Waals surface area (Å²) in [5.41, 5.74) is 3.71. The van der Waals surface area contributed by atoms with Crippen LogP contribution in [0.4, 0.5) is 0 Å². The summed E-state index contributed by atoms with van der Waals surface area (Å²) in [6.45, 7) is 0.586. The zero-order valence-electron chi connectivity index (χ0n) is 12.4. The van der Waals surface area contributed by atoms with Gasteiger partial charge in [0.05, 0.1) is 12.2 Å². The fraction of sp³-hybridized carbons (Fsp3) is 0.647. The molecule has 1 fully saturated rings. The maximum atomic E-state index is 12.4. The van der Waals surface area contributed by atoms with Gasteiger partial charge in [-0.25, -0.2) is 0 Å². The number of allylic oxidation sites excluding steroid dienone is 2. The van der Waals surface area contributed by atoms with E-state index in [1.165, 1.54) is 36.9 Å². The Morgan fingerprint density at radius 1 is 1.24 bits per heavy atom. The van der Waals surface area contributed by atoms with Crippen LogP contribution < -0.4 is 5.32 Å². The van der Waals surface area contributed by atoms with Crippen LogP contribution in [0.5, 0.6) is 0 Å². The van der Waals surface area contributed by atoms with Crippen LogP contribution in [0, 0.1) is 17.8 Å². The molecular formula is C17H23N3O. The molecule has 21 heavy (non-hydrogen) atoms. The van der Waals surface area contributed by atoms with E-state index in [1.54, 1.807) is 0 Å². The molecule has 0 radical (unpaired) electrons. The molecule has 4 heteroatoms. The number of hydrogen-bond acceptors (Lipinski definition) is 2. The Morgan fingerprint density at radius 3 is 2.95 bits per heavy atom. The minimum Gasteiger partial charge on any atom is -0.350 e. The van der Waals surface area contributed by atoms with E-state index in [0.717, 1.165) is 25.0 Å². The summed E-state index contributed by atoms with van der Waals surface area (Å²) in [5.74, 6) is 1.54. The first-order chi connectivity index (χ1) is 10.3. The number of hydrogen-bond donors (Lipinski definition) is 2. The third-order valence-corrected chi connectivity index (χ3v) is 5.44. The van der Waals surface area contributed by atoms with Crippen LogP contribution in [0.1, 0.15) is 49.1 Å². The van der Waals surface area contributed by atoms with E-state index in [-0.39, 0.29) is 11.8 Å².